The molecule has 0 saturated carbocycles. The normalized spacial score (nSPS) is 7.00. The van der Waals surface area contributed by atoms with Gasteiger partial charge in [-0.1, -0.05) is 0 Å². The predicted molar refractivity (Wildman–Crippen MR) is 24.7 cm³/mol. The minimum absolute atomic E-state index is 0.0278. The quantitative estimate of drug-likeness (QED) is 0.490. The summed E-state index contributed by atoms with van der Waals surface area (Å²) in [6.07, 6.45) is 0. The first-order valence-corrected chi connectivity index (χ1v) is 2.56. The molecule has 0 unspecified atom stereocenters. The van der Waals surface area contributed by atoms with Crippen LogP contribution in [0.25, 0.3) is 0 Å². The van der Waals surface area contributed by atoms with Gasteiger partial charge in [0, 0.05) is 5.97 Å². The van der Waals surface area contributed by atoms with Gasteiger partial charge in [0.25, 0.3) is 0 Å². The standard InChI is InChI=1S/C2H4NO.C2H4O2.Co/c3-1-2-4;1-2(3)4;/h1,3H2;1H3,(H,3,4);/q;;+1/p-1. The van der Waals surface area contributed by atoms with Crippen LogP contribution in [0.4, 0.5) is 0 Å². The Balaban J connectivity index is 0. The van der Waals surface area contributed by atoms with E-state index in [0.29, 0.717) is 0 Å². The summed E-state index contributed by atoms with van der Waals surface area (Å²) < 4.78 is -0.280. The fourth-order valence-corrected chi connectivity index (χ4v) is 0. The van der Waals surface area contributed by atoms with Crippen LogP contribution in [0.15, 0.2) is 0 Å². The number of carboxylic acids is 1. The molecule has 0 aliphatic rings. The number of carbonyl (C=O) groups is 2. The molecule has 0 atom stereocenters. The summed E-state index contributed by atoms with van der Waals surface area (Å²) >= 11 is 3.38. The zero-order valence-corrected chi connectivity index (χ0v) is 5.88. The second-order valence-corrected chi connectivity index (χ2v) is 1.61. The fraction of sp³-hybridized carbons (Fsp3) is 0.500. The maximum absolute atomic E-state index is 9.55. The average molecular weight is 176 g/mol. The van der Waals surface area contributed by atoms with Crippen molar-refractivity contribution in [1.29, 1.82) is 0 Å². The summed E-state index contributed by atoms with van der Waals surface area (Å²) in [5.74, 6) is -1.08. The third kappa shape index (κ3) is 92.6. The molecule has 0 bridgehead atoms. The zero-order valence-electron chi connectivity index (χ0n) is 4.84. The van der Waals surface area contributed by atoms with Gasteiger partial charge in [-0.25, -0.2) is 0 Å². The van der Waals surface area contributed by atoms with Crippen molar-refractivity contribution in [3.8, 4) is 0 Å². The van der Waals surface area contributed by atoms with Crippen molar-refractivity contribution >= 4 is 10.7 Å². The molecular weight excluding hydrogens is 169 g/mol. The van der Waals surface area contributed by atoms with Crippen LogP contribution in [0, 0.1) is 0 Å². The Bertz CT molecular complexity index is 100.0. The van der Waals surface area contributed by atoms with Gasteiger partial charge in [-0.3, -0.25) is 0 Å². The number of carbonyl (C=O) groups excluding carboxylic acids is 2. The first-order chi connectivity index (χ1) is 4.00. The Kier molecular flexibility index (Phi) is 9.64. The van der Waals surface area contributed by atoms with Crippen LogP contribution < -0.4 is 10.8 Å². The summed E-state index contributed by atoms with van der Waals surface area (Å²) in [6.45, 7) is 1.000. The Labute approximate surface area is 61.0 Å². The number of nitrogens with two attached hydrogens (primary N) is 1. The van der Waals surface area contributed by atoms with Crippen molar-refractivity contribution in [2.45, 2.75) is 6.92 Å². The van der Waals surface area contributed by atoms with Crippen molar-refractivity contribution in [2.75, 3.05) is 6.54 Å². The Morgan fingerprint density at radius 1 is 1.67 bits per heavy atom. The summed E-state index contributed by atoms with van der Waals surface area (Å²) in [5.41, 5.74) is 4.74. The molecule has 0 saturated heterocycles. The fourth-order valence-electron chi connectivity index (χ4n) is 0. The van der Waals surface area contributed by atoms with Crippen molar-refractivity contribution in [3.63, 3.8) is 0 Å². The molecule has 0 aliphatic carbocycles. The molecular formula is C4H7CoNO3. The van der Waals surface area contributed by atoms with Gasteiger partial charge in [-0.05, 0) is 6.92 Å². The predicted octanol–water partition coefficient (Wildman–Crippen LogP) is -2.23. The minimum atomic E-state index is -1.08. The van der Waals surface area contributed by atoms with Crippen molar-refractivity contribution in [2.24, 2.45) is 5.73 Å². The molecule has 2 N–H and O–H groups in total. The Morgan fingerprint density at radius 2 is 1.78 bits per heavy atom. The van der Waals surface area contributed by atoms with Crippen molar-refractivity contribution in [3.05, 3.63) is 0 Å². The number of rotatable bonds is 1. The number of carboxylic acid groups (broad SMARTS) is 1. The first-order valence-electron chi connectivity index (χ1n) is 2.04. The van der Waals surface area contributed by atoms with Crippen LogP contribution in [-0.2, 0) is 25.3 Å². The van der Waals surface area contributed by atoms with E-state index in [1.807, 2.05) is 0 Å². The van der Waals surface area contributed by atoms with Gasteiger partial charge in [0.15, 0.2) is 0 Å². The SMILES string of the molecule is CC(=O)[O-].NC[C](=O)[Co+]. The molecule has 0 aromatic rings. The topological polar surface area (TPSA) is 83.2 Å². The molecule has 0 radical (unpaired) electrons. The number of hydrogen-bond donors (Lipinski definition) is 1. The van der Waals surface area contributed by atoms with Gasteiger partial charge in [-0.2, -0.15) is 0 Å². The summed E-state index contributed by atoms with van der Waals surface area (Å²) in [5, 5.41) is 8.89. The molecule has 0 spiro atoms. The molecule has 0 heterocycles. The van der Waals surface area contributed by atoms with E-state index in [1.54, 1.807) is 0 Å². The molecule has 4 nitrogen and oxygen atoms in total. The van der Waals surface area contributed by atoms with Crippen LogP contribution in [0.2, 0.25) is 0 Å². The monoisotopic (exact) mass is 176 g/mol. The van der Waals surface area contributed by atoms with Crippen LogP contribution >= 0.6 is 0 Å². The van der Waals surface area contributed by atoms with Gasteiger partial charge < -0.3 is 9.90 Å². The van der Waals surface area contributed by atoms with Crippen LogP contribution in [0.1, 0.15) is 6.92 Å². The van der Waals surface area contributed by atoms with Gasteiger partial charge in [-0.15, -0.1) is 0 Å². The van der Waals surface area contributed by atoms with Gasteiger partial charge >= 0.3 is 37.5 Å². The zero-order chi connectivity index (χ0) is 7.86. The Hall–Kier alpha value is -0.394. The van der Waals surface area contributed by atoms with Gasteiger partial charge in [0.05, 0.1) is 0 Å². The van der Waals surface area contributed by atoms with E-state index >= 15 is 0 Å². The van der Waals surface area contributed by atoms with Crippen LogP contribution in [0.3, 0.4) is 0 Å². The second kappa shape index (κ2) is 7.61. The number of hydrogen-bond acceptors (Lipinski definition) is 4. The second-order valence-electron chi connectivity index (χ2n) is 1.03. The van der Waals surface area contributed by atoms with Crippen molar-refractivity contribution < 1.29 is 30.4 Å². The van der Waals surface area contributed by atoms with E-state index < -0.39 is 5.97 Å². The van der Waals surface area contributed by atoms with E-state index in [1.165, 1.54) is 0 Å². The summed E-state index contributed by atoms with van der Waals surface area (Å²) in [7, 11) is 0. The summed E-state index contributed by atoms with van der Waals surface area (Å²) in [4.78, 5) is 18.4. The third-order valence-corrected chi connectivity index (χ3v) is 0.364. The van der Waals surface area contributed by atoms with Gasteiger partial charge in [0.2, 0.25) is 0 Å². The molecule has 0 rings (SSSR count). The molecule has 0 aromatic carbocycles. The number of aliphatic carboxylic acids is 1. The van der Waals surface area contributed by atoms with E-state index in [-0.39, 0.29) is 11.3 Å². The van der Waals surface area contributed by atoms with Crippen LogP contribution in [0.5, 0.6) is 0 Å². The molecule has 0 amide bonds. The van der Waals surface area contributed by atoms with E-state index in [9.17, 15) is 4.79 Å². The Morgan fingerprint density at radius 3 is 1.78 bits per heavy atom. The molecule has 0 aromatic heterocycles. The molecule has 0 fully saturated rings. The summed E-state index contributed by atoms with van der Waals surface area (Å²) in [6, 6.07) is 0. The third-order valence-electron chi connectivity index (χ3n) is 0.151. The van der Waals surface area contributed by atoms with Gasteiger partial charge in [0.1, 0.15) is 0 Å². The van der Waals surface area contributed by atoms with E-state index in [0.717, 1.165) is 6.92 Å². The average Bonchev–Trinajstić information content (AvgIpc) is 1.65. The van der Waals surface area contributed by atoms with E-state index in [2.05, 4.69) is 15.7 Å². The molecule has 5 heteroatoms. The molecule has 9 heavy (non-hydrogen) atoms. The van der Waals surface area contributed by atoms with Crippen molar-refractivity contribution in [1.82, 2.24) is 0 Å². The van der Waals surface area contributed by atoms with E-state index in [4.69, 9.17) is 15.6 Å². The molecule has 0 aliphatic heterocycles. The first kappa shape index (κ1) is 11.4. The molecule has 55 valence electrons. The van der Waals surface area contributed by atoms with Crippen LogP contribution in [-0.4, -0.2) is 17.2 Å². The maximum atomic E-state index is 9.55.